The van der Waals surface area contributed by atoms with Gasteiger partial charge in [-0.3, -0.25) is 14.5 Å². The first-order chi connectivity index (χ1) is 13.5. The summed E-state index contributed by atoms with van der Waals surface area (Å²) in [6, 6.07) is 19.3. The Hall–Kier alpha value is -3.66. The lowest BCUT2D eigenvalue weighted by Gasteiger charge is -2.28. The van der Waals surface area contributed by atoms with E-state index in [2.05, 4.69) is 5.32 Å². The molecule has 0 radical (unpaired) electrons. The summed E-state index contributed by atoms with van der Waals surface area (Å²) in [6.07, 6.45) is 0.181. The number of hydrogen-bond donors (Lipinski definition) is 1. The molecule has 0 aromatic heterocycles. The lowest BCUT2D eigenvalue weighted by molar-refractivity contribution is -0.137. The molecule has 0 bridgehead atoms. The zero-order valence-corrected chi connectivity index (χ0v) is 15.5. The van der Waals surface area contributed by atoms with Crippen LogP contribution in [-0.2, 0) is 15.1 Å². The average Bonchev–Trinajstić information content (AvgIpc) is 2.98. The predicted octanol–water partition coefficient (Wildman–Crippen LogP) is 1.85. The van der Waals surface area contributed by atoms with Crippen LogP contribution in [0.1, 0.15) is 17.5 Å². The highest BCUT2D eigenvalue weighted by Crippen LogP contribution is 2.35. The molecule has 3 rings (SSSR count). The van der Waals surface area contributed by atoms with Gasteiger partial charge in [0.25, 0.3) is 5.91 Å². The van der Waals surface area contributed by atoms with Crippen LogP contribution < -0.4 is 5.32 Å². The van der Waals surface area contributed by atoms with Crippen molar-refractivity contribution in [3.8, 4) is 6.07 Å². The van der Waals surface area contributed by atoms with E-state index < -0.39 is 23.4 Å². The second-order valence-corrected chi connectivity index (χ2v) is 6.53. The van der Waals surface area contributed by atoms with Gasteiger partial charge in [-0.1, -0.05) is 60.7 Å². The molecule has 7 nitrogen and oxygen atoms in total. The highest BCUT2D eigenvalue weighted by Gasteiger charge is 2.54. The molecule has 142 valence electrons. The third kappa shape index (κ3) is 3.32. The van der Waals surface area contributed by atoms with Crippen LogP contribution >= 0.6 is 0 Å². The van der Waals surface area contributed by atoms with Gasteiger partial charge in [0.1, 0.15) is 6.54 Å². The summed E-state index contributed by atoms with van der Waals surface area (Å²) in [5.41, 5.74) is -0.148. The maximum atomic E-state index is 13.4. The van der Waals surface area contributed by atoms with Crippen LogP contribution in [0.3, 0.4) is 0 Å². The van der Waals surface area contributed by atoms with Gasteiger partial charge >= 0.3 is 6.03 Å². The van der Waals surface area contributed by atoms with Gasteiger partial charge < -0.3 is 10.2 Å². The molecule has 1 aliphatic rings. The largest absolute Gasteiger partial charge is 0.343 e. The molecule has 1 heterocycles. The quantitative estimate of drug-likeness (QED) is 0.779. The molecule has 0 spiro atoms. The average molecular weight is 376 g/mol. The topological polar surface area (TPSA) is 93.5 Å². The van der Waals surface area contributed by atoms with Gasteiger partial charge in [-0.15, -0.1) is 0 Å². The third-order valence-corrected chi connectivity index (χ3v) is 4.80. The zero-order valence-electron chi connectivity index (χ0n) is 15.5. The summed E-state index contributed by atoms with van der Waals surface area (Å²) in [5.74, 6) is -0.910. The number of carbonyl (C=O) groups is 3. The highest BCUT2D eigenvalue weighted by molar-refractivity contribution is 6.11. The Morgan fingerprint density at radius 3 is 2.11 bits per heavy atom. The first-order valence-corrected chi connectivity index (χ1v) is 8.86. The van der Waals surface area contributed by atoms with E-state index in [1.165, 1.54) is 4.90 Å². The number of nitrogens with zero attached hydrogens (tertiary/aromatic N) is 3. The van der Waals surface area contributed by atoms with Crippen molar-refractivity contribution in [2.45, 2.75) is 12.0 Å². The second kappa shape index (κ2) is 7.92. The number of hydrogen-bond acceptors (Lipinski definition) is 4. The molecule has 0 saturated carbocycles. The molecule has 2 aromatic rings. The molecular weight excluding hydrogens is 356 g/mol. The van der Waals surface area contributed by atoms with Crippen molar-refractivity contribution in [3.05, 3.63) is 71.8 Å². The SMILES string of the molecule is CN(CCC#N)C(=O)CN1C(=O)NC(c2ccccc2)(c2ccccc2)C1=O. The number of benzene rings is 2. The van der Waals surface area contributed by atoms with Gasteiger partial charge in [0.2, 0.25) is 5.91 Å². The molecule has 4 amide bonds. The van der Waals surface area contributed by atoms with Gasteiger partial charge in [-0.2, -0.15) is 5.26 Å². The number of nitrogens with one attached hydrogen (secondary N) is 1. The number of imide groups is 1. The van der Waals surface area contributed by atoms with Gasteiger partial charge in [-0.05, 0) is 11.1 Å². The number of nitriles is 1. The van der Waals surface area contributed by atoms with Crippen LogP contribution in [0.2, 0.25) is 0 Å². The Morgan fingerprint density at radius 1 is 1.07 bits per heavy atom. The summed E-state index contributed by atoms with van der Waals surface area (Å²) < 4.78 is 0. The van der Waals surface area contributed by atoms with Crippen molar-refractivity contribution in [3.63, 3.8) is 0 Å². The molecule has 0 atom stereocenters. The number of carbonyl (C=O) groups excluding carboxylic acids is 3. The fraction of sp³-hybridized carbons (Fsp3) is 0.238. The van der Waals surface area contributed by atoms with Crippen LogP contribution in [-0.4, -0.2) is 47.8 Å². The van der Waals surface area contributed by atoms with Crippen molar-refractivity contribution in [2.24, 2.45) is 0 Å². The molecular formula is C21H20N4O3. The number of urea groups is 1. The minimum Gasteiger partial charge on any atom is -0.343 e. The van der Waals surface area contributed by atoms with E-state index in [1.54, 1.807) is 55.6 Å². The minimum absolute atomic E-state index is 0.181. The van der Waals surface area contributed by atoms with Crippen molar-refractivity contribution in [2.75, 3.05) is 20.1 Å². The zero-order chi connectivity index (χ0) is 20.1. The predicted molar refractivity (Wildman–Crippen MR) is 102 cm³/mol. The Kier molecular flexibility index (Phi) is 5.41. The first kappa shape index (κ1) is 19.1. The molecule has 7 heteroatoms. The summed E-state index contributed by atoms with van der Waals surface area (Å²) in [6.45, 7) is -0.143. The Morgan fingerprint density at radius 2 is 1.61 bits per heavy atom. The first-order valence-electron chi connectivity index (χ1n) is 8.86. The molecule has 1 fully saturated rings. The Labute approximate surface area is 163 Å². The van der Waals surface area contributed by atoms with E-state index in [9.17, 15) is 14.4 Å². The molecule has 1 aliphatic heterocycles. The van der Waals surface area contributed by atoms with Crippen molar-refractivity contribution in [1.29, 1.82) is 5.26 Å². The number of likely N-dealkylation sites (N-methyl/N-ethyl adjacent to an activating group) is 1. The fourth-order valence-corrected chi connectivity index (χ4v) is 3.25. The lowest BCUT2D eigenvalue weighted by atomic mass is 9.82. The molecule has 1 N–H and O–H groups in total. The van der Waals surface area contributed by atoms with Crippen LogP contribution in [0.4, 0.5) is 4.79 Å². The highest BCUT2D eigenvalue weighted by atomic mass is 16.2. The smallest absolute Gasteiger partial charge is 0.326 e. The van der Waals surface area contributed by atoms with Crippen molar-refractivity contribution >= 4 is 17.8 Å². The molecule has 0 aliphatic carbocycles. The van der Waals surface area contributed by atoms with Crippen molar-refractivity contribution in [1.82, 2.24) is 15.1 Å². The van der Waals surface area contributed by atoms with Gasteiger partial charge in [0, 0.05) is 13.6 Å². The van der Waals surface area contributed by atoms with Crippen LogP contribution in [0.15, 0.2) is 60.7 Å². The molecule has 0 unspecified atom stereocenters. The number of amides is 4. The molecule has 28 heavy (non-hydrogen) atoms. The van der Waals surface area contributed by atoms with Gasteiger partial charge in [-0.25, -0.2) is 4.79 Å². The van der Waals surface area contributed by atoms with Crippen LogP contribution in [0.5, 0.6) is 0 Å². The van der Waals surface area contributed by atoms with Gasteiger partial charge in [0.05, 0.1) is 12.5 Å². The molecule has 1 saturated heterocycles. The third-order valence-electron chi connectivity index (χ3n) is 4.80. The summed E-state index contributed by atoms with van der Waals surface area (Å²) in [7, 11) is 1.54. The maximum absolute atomic E-state index is 13.4. The van der Waals surface area contributed by atoms with E-state index in [0.717, 1.165) is 4.90 Å². The normalized spacial score (nSPS) is 15.1. The number of rotatable bonds is 6. The van der Waals surface area contributed by atoms with E-state index in [1.807, 2.05) is 18.2 Å². The van der Waals surface area contributed by atoms with E-state index in [0.29, 0.717) is 11.1 Å². The van der Waals surface area contributed by atoms with Crippen LogP contribution in [0, 0.1) is 11.3 Å². The van der Waals surface area contributed by atoms with E-state index >= 15 is 0 Å². The fourth-order valence-electron chi connectivity index (χ4n) is 3.25. The minimum atomic E-state index is -1.38. The summed E-state index contributed by atoms with van der Waals surface area (Å²) in [4.78, 5) is 40.8. The monoisotopic (exact) mass is 376 g/mol. The Balaban J connectivity index is 1.96. The lowest BCUT2D eigenvalue weighted by Crippen LogP contribution is -2.46. The van der Waals surface area contributed by atoms with Crippen molar-refractivity contribution < 1.29 is 14.4 Å². The summed E-state index contributed by atoms with van der Waals surface area (Å²) in [5, 5.41) is 11.5. The van der Waals surface area contributed by atoms with Gasteiger partial charge in [0.15, 0.2) is 5.54 Å². The second-order valence-electron chi connectivity index (χ2n) is 6.53. The Bertz CT molecular complexity index is 882. The van der Waals surface area contributed by atoms with E-state index in [-0.39, 0.29) is 19.5 Å². The standard InChI is InChI=1S/C21H20N4O3/c1-24(14-8-13-22)18(26)15-25-19(27)21(23-20(25)28,16-9-4-2-5-10-16)17-11-6-3-7-12-17/h2-7,9-12H,8,14-15H2,1H3,(H,23,28). The van der Waals surface area contributed by atoms with Crippen LogP contribution in [0.25, 0.3) is 0 Å². The van der Waals surface area contributed by atoms with E-state index in [4.69, 9.17) is 5.26 Å². The maximum Gasteiger partial charge on any atom is 0.326 e. The molecule has 2 aromatic carbocycles. The summed E-state index contributed by atoms with van der Waals surface area (Å²) >= 11 is 0.